The van der Waals surface area contributed by atoms with Gasteiger partial charge in [0.25, 0.3) is 0 Å². The summed E-state index contributed by atoms with van der Waals surface area (Å²) in [7, 11) is -2.22. The number of sulfonamides is 1. The van der Waals surface area contributed by atoms with Crippen molar-refractivity contribution in [1.29, 1.82) is 0 Å². The summed E-state index contributed by atoms with van der Waals surface area (Å²) in [5.41, 5.74) is 0. The van der Waals surface area contributed by atoms with Gasteiger partial charge in [-0.15, -0.1) is 0 Å². The minimum absolute atomic E-state index is 0.0717. The third kappa shape index (κ3) is 3.53. The minimum Gasteiger partial charge on any atom is -0.381 e. The molecular formula is C12H15BrFNO3S. The van der Waals surface area contributed by atoms with Crippen LogP contribution in [0, 0.1) is 5.82 Å². The minimum atomic E-state index is -3.82. The highest BCUT2D eigenvalue weighted by molar-refractivity contribution is 9.10. The summed E-state index contributed by atoms with van der Waals surface area (Å²) in [6.45, 7) is 0. The van der Waals surface area contributed by atoms with Crippen LogP contribution < -0.4 is 4.72 Å². The lowest BCUT2D eigenvalue weighted by Gasteiger charge is -2.14. The Morgan fingerprint density at radius 3 is 2.74 bits per heavy atom. The van der Waals surface area contributed by atoms with E-state index in [0.717, 1.165) is 12.5 Å². The summed E-state index contributed by atoms with van der Waals surface area (Å²) in [4.78, 5) is -0.323. The van der Waals surface area contributed by atoms with E-state index in [-0.39, 0.29) is 17.0 Å². The van der Waals surface area contributed by atoms with E-state index >= 15 is 0 Å². The molecule has 106 valence electrons. The Hall–Kier alpha value is -0.500. The molecule has 19 heavy (non-hydrogen) atoms. The highest BCUT2D eigenvalue weighted by Gasteiger charge is 2.29. The maximum absolute atomic E-state index is 13.7. The lowest BCUT2D eigenvalue weighted by Crippen LogP contribution is -2.33. The van der Waals surface area contributed by atoms with Crippen molar-refractivity contribution < 1.29 is 17.5 Å². The molecule has 0 bridgehead atoms. The zero-order valence-electron chi connectivity index (χ0n) is 10.4. The fourth-order valence-corrected chi connectivity index (χ4v) is 3.91. The van der Waals surface area contributed by atoms with Crippen LogP contribution in [-0.2, 0) is 14.8 Å². The van der Waals surface area contributed by atoms with E-state index in [2.05, 4.69) is 20.7 Å². The van der Waals surface area contributed by atoms with E-state index in [1.807, 2.05) is 0 Å². The Labute approximate surface area is 120 Å². The second-order valence-electron chi connectivity index (χ2n) is 4.56. The van der Waals surface area contributed by atoms with Gasteiger partial charge in [0.15, 0.2) is 0 Å². The molecule has 0 spiro atoms. The number of methoxy groups -OCH3 is 1. The summed E-state index contributed by atoms with van der Waals surface area (Å²) >= 11 is 3.10. The third-order valence-corrected chi connectivity index (χ3v) is 5.27. The normalized spacial score (nSPS) is 23.7. The molecule has 1 aromatic carbocycles. The Bertz CT molecular complexity index is 564. The molecule has 4 nitrogen and oxygen atoms in total. The van der Waals surface area contributed by atoms with Crippen LogP contribution in [0.3, 0.4) is 0 Å². The van der Waals surface area contributed by atoms with Crippen LogP contribution in [0.15, 0.2) is 27.6 Å². The third-order valence-electron chi connectivity index (χ3n) is 3.22. The summed E-state index contributed by atoms with van der Waals surface area (Å²) in [6.07, 6.45) is 2.21. The second kappa shape index (κ2) is 5.87. The van der Waals surface area contributed by atoms with Crippen LogP contribution in [-0.4, -0.2) is 27.7 Å². The summed E-state index contributed by atoms with van der Waals surface area (Å²) in [5.74, 6) is -0.761. The van der Waals surface area contributed by atoms with E-state index < -0.39 is 15.8 Å². The molecule has 0 saturated heterocycles. The molecule has 1 N–H and O–H groups in total. The van der Waals surface area contributed by atoms with E-state index in [1.165, 1.54) is 12.1 Å². The molecule has 1 fully saturated rings. The van der Waals surface area contributed by atoms with Gasteiger partial charge >= 0.3 is 0 Å². The van der Waals surface area contributed by atoms with Crippen molar-refractivity contribution in [2.75, 3.05) is 7.11 Å². The van der Waals surface area contributed by atoms with Crippen LogP contribution in [0.25, 0.3) is 0 Å². The highest BCUT2D eigenvalue weighted by Crippen LogP contribution is 2.25. The van der Waals surface area contributed by atoms with Crippen molar-refractivity contribution in [3.05, 3.63) is 28.5 Å². The SMILES string of the molecule is COC1CCC(NS(=O)(=O)c2ccc(Br)cc2F)C1. The number of benzene rings is 1. The number of hydrogen-bond donors (Lipinski definition) is 1. The van der Waals surface area contributed by atoms with Crippen molar-refractivity contribution in [2.24, 2.45) is 0 Å². The van der Waals surface area contributed by atoms with Gasteiger partial charge in [-0.05, 0) is 37.5 Å². The predicted octanol–water partition coefficient (Wildman–Crippen LogP) is 2.43. The molecule has 1 saturated carbocycles. The summed E-state index contributed by atoms with van der Waals surface area (Å²) < 4.78 is 46.1. The van der Waals surface area contributed by atoms with E-state index in [4.69, 9.17) is 4.74 Å². The van der Waals surface area contributed by atoms with Gasteiger partial charge in [-0.2, -0.15) is 0 Å². The Kier molecular flexibility index (Phi) is 4.60. The maximum atomic E-state index is 13.7. The standard InChI is InChI=1S/C12H15BrFNO3S/c1-18-10-4-3-9(7-10)15-19(16,17)12-5-2-8(13)6-11(12)14/h2,5-6,9-10,15H,3-4,7H2,1H3. The number of nitrogens with one attached hydrogen (secondary N) is 1. The van der Waals surface area contributed by atoms with Crippen molar-refractivity contribution >= 4 is 26.0 Å². The van der Waals surface area contributed by atoms with E-state index in [0.29, 0.717) is 17.3 Å². The molecule has 7 heteroatoms. The van der Waals surface area contributed by atoms with E-state index in [1.54, 1.807) is 7.11 Å². The van der Waals surface area contributed by atoms with Crippen LogP contribution in [0.1, 0.15) is 19.3 Å². The quantitative estimate of drug-likeness (QED) is 0.906. The average molecular weight is 352 g/mol. The van der Waals surface area contributed by atoms with Gasteiger partial charge in [-0.25, -0.2) is 17.5 Å². The molecule has 1 aromatic rings. The highest BCUT2D eigenvalue weighted by atomic mass is 79.9. The molecule has 2 unspecified atom stereocenters. The smallest absolute Gasteiger partial charge is 0.243 e. The Morgan fingerprint density at radius 2 is 2.16 bits per heavy atom. The molecule has 0 aromatic heterocycles. The zero-order valence-corrected chi connectivity index (χ0v) is 12.8. The second-order valence-corrected chi connectivity index (χ2v) is 7.16. The lowest BCUT2D eigenvalue weighted by molar-refractivity contribution is 0.107. The fraction of sp³-hybridized carbons (Fsp3) is 0.500. The molecule has 0 radical (unpaired) electrons. The lowest BCUT2D eigenvalue weighted by atomic mass is 10.3. The van der Waals surface area contributed by atoms with Gasteiger partial charge in [0.2, 0.25) is 10.0 Å². The summed E-state index contributed by atoms with van der Waals surface area (Å²) in [5, 5.41) is 0. The number of ether oxygens (including phenoxy) is 1. The van der Waals surface area contributed by atoms with Gasteiger partial charge in [0.1, 0.15) is 10.7 Å². The zero-order chi connectivity index (χ0) is 14.0. The van der Waals surface area contributed by atoms with Crippen molar-refractivity contribution in [3.8, 4) is 0 Å². The molecular weight excluding hydrogens is 337 g/mol. The monoisotopic (exact) mass is 351 g/mol. The van der Waals surface area contributed by atoms with Crippen molar-refractivity contribution in [3.63, 3.8) is 0 Å². The Morgan fingerprint density at radius 1 is 1.42 bits per heavy atom. The van der Waals surface area contributed by atoms with Gasteiger partial charge in [0, 0.05) is 17.6 Å². The summed E-state index contributed by atoms with van der Waals surface area (Å²) in [6, 6.07) is 3.70. The Balaban J connectivity index is 2.14. The predicted molar refractivity (Wildman–Crippen MR) is 72.9 cm³/mol. The van der Waals surface area contributed by atoms with Gasteiger partial charge in [-0.1, -0.05) is 15.9 Å². The van der Waals surface area contributed by atoms with E-state index in [9.17, 15) is 12.8 Å². The van der Waals surface area contributed by atoms with Crippen LogP contribution in [0.5, 0.6) is 0 Å². The molecule has 2 rings (SSSR count). The number of hydrogen-bond acceptors (Lipinski definition) is 3. The molecule has 1 aliphatic carbocycles. The molecule has 0 amide bonds. The molecule has 1 aliphatic rings. The van der Waals surface area contributed by atoms with Gasteiger partial charge < -0.3 is 4.74 Å². The number of rotatable bonds is 4. The van der Waals surface area contributed by atoms with Gasteiger partial charge in [-0.3, -0.25) is 0 Å². The molecule has 0 aliphatic heterocycles. The topological polar surface area (TPSA) is 55.4 Å². The molecule has 2 atom stereocenters. The van der Waals surface area contributed by atoms with Crippen LogP contribution in [0.2, 0.25) is 0 Å². The average Bonchev–Trinajstić information content (AvgIpc) is 2.75. The van der Waals surface area contributed by atoms with Crippen molar-refractivity contribution in [2.45, 2.75) is 36.3 Å². The largest absolute Gasteiger partial charge is 0.381 e. The first-order valence-electron chi connectivity index (χ1n) is 5.92. The van der Waals surface area contributed by atoms with Crippen molar-refractivity contribution in [1.82, 2.24) is 4.72 Å². The first-order valence-corrected chi connectivity index (χ1v) is 8.20. The van der Waals surface area contributed by atoms with Crippen LogP contribution in [0.4, 0.5) is 4.39 Å². The van der Waals surface area contributed by atoms with Crippen LogP contribution >= 0.6 is 15.9 Å². The number of halogens is 2. The molecule has 0 heterocycles. The van der Waals surface area contributed by atoms with Gasteiger partial charge in [0.05, 0.1) is 6.10 Å². The first-order chi connectivity index (χ1) is 8.92. The fourth-order valence-electron chi connectivity index (χ4n) is 2.24. The first kappa shape index (κ1) is 14.9. The maximum Gasteiger partial charge on any atom is 0.243 e.